The molecule has 0 atom stereocenters. The Morgan fingerprint density at radius 1 is 1.05 bits per heavy atom. The summed E-state index contributed by atoms with van der Waals surface area (Å²) in [6, 6.07) is 9.57. The Balaban J connectivity index is 2.11. The fourth-order valence-electron chi connectivity index (χ4n) is 1.70. The van der Waals surface area contributed by atoms with Gasteiger partial charge in [0.05, 0.1) is 20.5 Å². The van der Waals surface area contributed by atoms with Gasteiger partial charge in [0.25, 0.3) is 0 Å². The van der Waals surface area contributed by atoms with E-state index in [1.165, 1.54) is 0 Å². The van der Waals surface area contributed by atoms with Gasteiger partial charge in [-0.05, 0) is 83.7 Å². The Labute approximate surface area is 142 Å². The number of nitrogens with one attached hydrogen (secondary N) is 1. The highest BCUT2D eigenvalue weighted by molar-refractivity contribution is 9.11. The van der Waals surface area contributed by atoms with Gasteiger partial charge in [-0.15, -0.1) is 0 Å². The minimum absolute atomic E-state index is 0.209. The minimum Gasteiger partial charge on any atom is -0.506 e. The van der Waals surface area contributed by atoms with Crippen LogP contribution in [0.15, 0.2) is 43.7 Å². The number of anilines is 1. The van der Waals surface area contributed by atoms with Crippen molar-refractivity contribution in [1.29, 1.82) is 0 Å². The zero-order valence-corrected chi connectivity index (χ0v) is 15.3. The summed E-state index contributed by atoms with van der Waals surface area (Å²) in [5.74, 6) is 1.01. The second-order valence-electron chi connectivity index (χ2n) is 4.11. The molecule has 0 saturated carbocycles. The van der Waals surface area contributed by atoms with Crippen molar-refractivity contribution in [2.45, 2.75) is 6.54 Å². The van der Waals surface area contributed by atoms with E-state index in [-0.39, 0.29) is 5.75 Å². The van der Waals surface area contributed by atoms with Crippen molar-refractivity contribution >= 4 is 53.5 Å². The summed E-state index contributed by atoms with van der Waals surface area (Å²) in [5.41, 5.74) is 2.03. The van der Waals surface area contributed by atoms with Crippen molar-refractivity contribution in [2.75, 3.05) is 12.4 Å². The van der Waals surface area contributed by atoms with Crippen molar-refractivity contribution in [3.63, 3.8) is 0 Å². The van der Waals surface area contributed by atoms with Crippen LogP contribution in [0.1, 0.15) is 5.56 Å². The van der Waals surface area contributed by atoms with Gasteiger partial charge in [0, 0.05) is 12.2 Å². The van der Waals surface area contributed by atoms with Crippen LogP contribution in [0.25, 0.3) is 0 Å². The second kappa shape index (κ2) is 6.83. The molecule has 0 aliphatic rings. The van der Waals surface area contributed by atoms with Crippen molar-refractivity contribution in [1.82, 2.24) is 0 Å². The normalized spacial score (nSPS) is 10.4. The van der Waals surface area contributed by atoms with Crippen LogP contribution in [0, 0.1) is 0 Å². The van der Waals surface area contributed by atoms with Crippen molar-refractivity contribution in [2.24, 2.45) is 0 Å². The standard InChI is InChI=1S/C14H12Br3NO2/c1-20-13-3-2-9(6-10(13)15)18-7-8-4-11(16)14(19)12(17)5-8/h2-6,18-19H,7H2,1H3. The van der Waals surface area contributed by atoms with Crippen LogP contribution in [-0.4, -0.2) is 12.2 Å². The summed E-state index contributed by atoms with van der Waals surface area (Å²) in [5, 5.41) is 13.0. The number of phenols is 1. The molecule has 2 aromatic rings. The van der Waals surface area contributed by atoms with Gasteiger partial charge in [-0.1, -0.05) is 0 Å². The van der Waals surface area contributed by atoms with E-state index in [0.29, 0.717) is 15.5 Å². The Kier molecular flexibility index (Phi) is 5.35. The predicted octanol–water partition coefficient (Wildman–Crippen LogP) is 5.30. The van der Waals surface area contributed by atoms with Crippen LogP contribution in [0.4, 0.5) is 5.69 Å². The zero-order valence-electron chi connectivity index (χ0n) is 10.6. The molecule has 0 unspecified atom stereocenters. The number of phenolic OH excluding ortho intramolecular Hbond substituents is 1. The van der Waals surface area contributed by atoms with E-state index in [1.807, 2.05) is 30.3 Å². The predicted molar refractivity (Wildman–Crippen MR) is 91.5 cm³/mol. The van der Waals surface area contributed by atoms with Crippen LogP contribution < -0.4 is 10.1 Å². The summed E-state index contributed by atoms with van der Waals surface area (Å²) in [6.45, 7) is 0.649. The first-order valence-electron chi connectivity index (χ1n) is 5.75. The maximum atomic E-state index is 9.68. The monoisotopic (exact) mass is 463 g/mol. The Morgan fingerprint density at radius 3 is 2.25 bits per heavy atom. The van der Waals surface area contributed by atoms with E-state index >= 15 is 0 Å². The van der Waals surface area contributed by atoms with E-state index in [1.54, 1.807) is 7.11 Å². The highest BCUT2D eigenvalue weighted by Gasteiger charge is 2.06. The lowest BCUT2D eigenvalue weighted by atomic mass is 10.2. The highest BCUT2D eigenvalue weighted by Crippen LogP contribution is 2.34. The van der Waals surface area contributed by atoms with Crippen molar-refractivity contribution in [3.8, 4) is 11.5 Å². The number of hydrogen-bond donors (Lipinski definition) is 2. The molecular formula is C14H12Br3NO2. The molecule has 2 aromatic carbocycles. The average Bonchev–Trinajstić information content (AvgIpc) is 2.42. The fourth-order valence-corrected chi connectivity index (χ4v) is 3.52. The first kappa shape index (κ1) is 15.7. The van der Waals surface area contributed by atoms with Crippen molar-refractivity contribution in [3.05, 3.63) is 49.3 Å². The van der Waals surface area contributed by atoms with Gasteiger partial charge in [-0.3, -0.25) is 0 Å². The summed E-state index contributed by atoms with van der Waals surface area (Å²) in [4.78, 5) is 0. The molecule has 6 heteroatoms. The van der Waals surface area contributed by atoms with Gasteiger partial charge in [0.15, 0.2) is 0 Å². The summed E-state index contributed by atoms with van der Waals surface area (Å²) < 4.78 is 7.43. The van der Waals surface area contributed by atoms with E-state index in [0.717, 1.165) is 21.5 Å². The molecule has 0 aromatic heterocycles. The fraction of sp³-hybridized carbons (Fsp3) is 0.143. The Bertz CT molecular complexity index is 609. The van der Waals surface area contributed by atoms with Crippen molar-refractivity contribution < 1.29 is 9.84 Å². The summed E-state index contributed by atoms with van der Waals surface area (Å²) in [6.07, 6.45) is 0. The third-order valence-corrected chi connectivity index (χ3v) is 4.55. The van der Waals surface area contributed by atoms with E-state index in [9.17, 15) is 5.11 Å². The average molecular weight is 466 g/mol. The molecule has 0 radical (unpaired) electrons. The molecule has 0 fully saturated rings. The number of halogens is 3. The van der Waals surface area contributed by atoms with Crippen LogP contribution in [0.5, 0.6) is 11.5 Å². The van der Waals surface area contributed by atoms with E-state index in [2.05, 4.69) is 53.1 Å². The Hall–Kier alpha value is -0.720. The number of rotatable bonds is 4. The topological polar surface area (TPSA) is 41.5 Å². The third kappa shape index (κ3) is 3.68. The van der Waals surface area contributed by atoms with Crippen LogP contribution in [0.3, 0.4) is 0 Å². The summed E-state index contributed by atoms with van der Waals surface area (Å²) >= 11 is 10.1. The minimum atomic E-state index is 0.209. The van der Waals surface area contributed by atoms with Crippen LogP contribution in [0.2, 0.25) is 0 Å². The molecule has 0 bridgehead atoms. The quantitative estimate of drug-likeness (QED) is 0.643. The maximum absolute atomic E-state index is 9.68. The lowest BCUT2D eigenvalue weighted by Crippen LogP contribution is -2.00. The van der Waals surface area contributed by atoms with Crippen LogP contribution in [-0.2, 0) is 6.54 Å². The molecule has 0 heterocycles. The number of benzene rings is 2. The van der Waals surface area contributed by atoms with Gasteiger partial charge >= 0.3 is 0 Å². The lowest BCUT2D eigenvalue weighted by Gasteiger charge is -2.10. The number of ether oxygens (including phenoxy) is 1. The first-order chi connectivity index (χ1) is 9.51. The second-order valence-corrected chi connectivity index (χ2v) is 6.67. The maximum Gasteiger partial charge on any atom is 0.143 e. The summed E-state index contributed by atoms with van der Waals surface area (Å²) in [7, 11) is 1.64. The molecule has 0 aliphatic carbocycles. The molecule has 2 N–H and O–H groups in total. The highest BCUT2D eigenvalue weighted by atomic mass is 79.9. The third-order valence-electron chi connectivity index (χ3n) is 2.73. The van der Waals surface area contributed by atoms with Gasteiger partial charge < -0.3 is 15.2 Å². The van der Waals surface area contributed by atoms with Gasteiger partial charge in [0.1, 0.15) is 11.5 Å². The number of methoxy groups -OCH3 is 1. The van der Waals surface area contributed by atoms with E-state index in [4.69, 9.17) is 4.74 Å². The molecule has 106 valence electrons. The lowest BCUT2D eigenvalue weighted by molar-refractivity contribution is 0.412. The van der Waals surface area contributed by atoms with Gasteiger partial charge in [0.2, 0.25) is 0 Å². The number of hydrogen-bond acceptors (Lipinski definition) is 3. The van der Waals surface area contributed by atoms with Gasteiger partial charge in [-0.25, -0.2) is 0 Å². The van der Waals surface area contributed by atoms with E-state index < -0.39 is 0 Å². The molecular weight excluding hydrogens is 454 g/mol. The molecule has 20 heavy (non-hydrogen) atoms. The zero-order chi connectivity index (χ0) is 14.7. The molecule has 2 rings (SSSR count). The molecule has 0 aliphatic heterocycles. The number of aromatic hydroxyl groups is 1. The Morgan fingerprint density at radius 2 is 1.70 bits per heavy atom. The largest absolute Gasteiger partial charge is 0.506 e. The molecule has 0 spiro atoms. The molecule has 3 nitrogen and oxygen atoms in total. The molecule has 0 amide bonds. The SMILES string of the molecule is COc1ccc(NCc2cc(Br)c(O)c(Br)c2)cc1Br. The van der Waals surface area contributed by atoms with Gasteiger partial charge in [-0.2, -0.15) is 0 Å². The first-order valence-corrected chi connectivity index (χ1v) is 8.13. The molecule has 0 saturated heterocycles. The van der Waals surface area contributed by atoms with Crippen LogP contribution >= 0.6 is 47.8 Å². The smallest absolute Gasteiger partial charge is 0.143 e.